The van der Waals surface area contributed by atoms with Crippen LogP contribution in [0.2, 0.25) is 5.02 Å². The van der Waals surface area contributed by atoms with Crippen LogP contribution < -0.4 is 5.32 Å². The molecule has 6 nitrogen and oxygen atoms in total. The second-order valence-corrected chi connectivity index (χ2v) is 4.92. The highest BCUT2D eigenvalue weighted by atomic mass is 35.5. The molecule has 0 aromatic heterocycles. The van der Waals surface area contributed by atoms with Gasteiger partial charge in [-0.1, -0.05) is 18.5 Å². The highest BCUT2D eigenvalue weighted by Gasteiger charge is 2.22. The van der Waals surface area contributed by atoms with Crippen LogP contribution in [0.4, 0.5) is 10.5 Å². The topological polar surface area (TPSA) is 93.4 Å². The number of carboxylic acids is 1. The Labute approximate surface area is 127 Å². The molecule has 1 atom stereocenters. The van der Waals surface area contributed by atoms with Crippen molar-refractivity contribution in [3.05, 3.63) is 28.8 Å². The van der Waals surface area contributed by atoms with Crippen molar-refractivity contribution in [2.75, 3.05) is 11.9 Å². The first-order chi connectivity index (χ1) is 9.88. The van der Waals surface area contributed by atoms with Crippen LogP contribution in [0, 0.1) is 11.3 Å². The Balaban J connectivity index is 2.96. The van der Waals surface area contributed by atoms with Crippen molar-refractivity contribution in [3.63, 3.8) is 0 Å². The number of benzene rings is 1. The molecule has 0 bridgehead atoms. The zero-order valence-corrected chi connectivity index (χ0v) is 12.5. The van der Waals surface area contributed by atoms with Crippen LogP contribution in [0.15, 0.2) is 18.2 Å². The van der Waals surface area contributed by atoms with Gasteiger partial charge in [0.15, 0.2) is 0 Å². The molecule has 0 spiro atoms. The number of nitriles is 1. The second-order valence-electron chi connectivity index (χ2n) is 4.52. The van der Waals surface area contributed by atoms with E-state index in [1.54, 1.807) is 6.92 Å². The third-order valence-electron chi connectivity index (χ3n) is 3.03. The molecule has 1 unspecified atom stereocenters. The average molecular weight is 310 g/mol. The number of hydrogen-bond acceptors (Lipinski definition) is 3. The number of anilines is 1. The molecule has 1 aromatic rings. The predicted molar refractivity (Wildman–Crippen MR) is 79.3 cm³/mol. The number of hydrogen-bond donors (Lipinski definition) is 2. The van der Waals surface area contributed by atoms with E-state index in [4.69, 9.17) is 22.0 Å². The van der Waals surface area contributed by atoms with Crippen LogP contribution in [0.1, 0.15) is 25.8 Å². The second kappa shape index (κ2) is 7.50. The first kappa shape index (κ1) is 16.8. The van der Waals surface area contributed by atoms with Crippen LogP contribution in [0.5, 0.6) is 0 Å². The molecule has 112 valence electrons. The molecule has 0 radical (unpaired) electrons. The number of urea groups is 1. The summed E-state index contributed by atoms with van der Waals surface area (Å²) in [5.41, 5.74) is 0.627. The summed E-state index contributed by atoms with van der Waals surface area (Å²) >= 11 is 5.96. The molecule has 0 aliphatic carbocycles. The monoisotopic (exact) mass is 309 g/mol. The lowest BCUT2D eigenvalue weighted by atomic mass is 10.2. The Kier molecular flexibility index (Phi) is 6.00. The molecule has 1 aromatic carbocycles. The number of carboxylic acid groups (broad SMARTS) is 1. The lowest BCUT2D eigenvalue weighted by Gasteiger charge is -2.27. The summed E-state index contributed by atoms with van der Waals surface area (Å²) in [5.74, 6) is -1.10. The smallest absolute Gasteiger partial charge is 0.323 e. The molecule has 0 aliphatic heterocycles. The standard InChI is InChI=1S/C14H16ClN3O3/c1-3-9(2)18(8-13(19)20)14(21)17-12-6-10(7-16)4-5-11(12)15/h4-6,9H,3,8H2,1-2H3,(H,17,21)(H,19,20). The minimum absolute atomic E-state index is 0.237. The molecular formula is C14H16ClN3O3. The van der Waals surface area contributed by atoms with Gasteiger partial charge in [-0.2, -0.15) is 5.26 Å². The molecular weight excluding hydrogens is 294 g/mol. The molecule has 7 heteroatoms. The van der Waals surface area contributed by atoms with E-state index in [2.05, 4.69) is 5.32 Å². The third kappa shape index (κ3) is 4.65. The lowest BCUT2D eigenvalue weighted by molar-refractivity contribution is -0.138. The highest BCUT2D eigenvalue weighted by molar-refractivity contribution is 6.33. The molecule has 0 saturated heterocycles. The molecule has 0 heterocycles. The van der Waals surface area contributed by atoms with Gasteiger partial charge >= 0.3 is 12.0 Å². The number of halogens is 1. The minimum atomic E-state index is -1.10. The Morgan fingerprint density at radius 2 is 2.19 bits per heavy atom. The van der Waals surface area contributed by atoms with Crippen molar-refractivity contribution in [3.8, 4) is 6.07 Å². The maximum absolute atomic E-state index is 12.2. The largest absolute Gasteiger partial charge is 0.480 e. The molecule has 0 aliphatic rings. The van der Waals surface area contributed by atoms with E-state index in [1.807, 2.05) is 13.0 Å². The van der Waals surface area contributed by atoms with Crippen molar-refractivity contribution in [2.24, 2.45) is 0 Å². The number of nitrogens with one attached hydrogen (secondary N) is 1. The average Bonchev–Trinajstić information content (AvgIpc) is 2.45. The van der Waals surface area contributed by atoms with Gasteiger partial charge in [0.05, 0.1) is 22.3 Å². The highest BCUT2D eigenvalue weighted by Crippen LogP contribution is 2.23. The molecule has 21 heavy (non-hydrogen) atoms. The van der Waals surface area contributed by atoms with Gasteiger partial charge in [-0.3, -0.25) is 4.79 Å². The summed E-state index contributed by atoms with van der Waals surface area (Å²) in [5, 5.41) is 20.6. The van der Waals surface area contributed by atoms with E-state index in [0.717, 1.165) is 0 Å². The fourth-order valence-corrected chi connectivity index (χ4v) is 1.84. The summed E-state index contributed by atoms with van der Waals surface area (Å²) in [7, 11) is 0. The number of carbonyl (C=O) groups is 2. The first-order valence-corrected chi connectivity index (χ1v) is 6.75. The van der Waals surface area contributed by atoms with E-state index < -0.39 is 18.5 Å². The van der Waals surface area contributed by atoms with Crippen molar-refractivity contribution < 1.29 is 14.7 Å². The van der Waals surface area contributed by atoms with Gasteiger partial charge in [0.1, 0.15) is 6.54 Å². The first-order valence-electron chi connectivity index (χ1n) is 6.38. The van der Waals surface area contributed by atoms with Gasteiger partial charge < -0.3 is 15.3 Å². The zero-order valence-electron chi connectivity index (χ0n) is 11.8. The van der Waals surface area contributed by atoms with Gasteiger partial charge in [0.2, 0.25) is 0 Å². The van der Waals surface area contributed by atoms with Gasteiger partial charge in [0, 0.05) is 6.04 Å². The predicted octanol–water partition coefficient (Wildman–Crippen LogP) is 2.93. The van der Waals surface area contributed by atoms with E-state index >= 15 is 0 Å². The van der Waals surface area contributed by atoms with Crippen molar-refractivity contribution in [2.45, 2.75) is 26.3 Å². The number of carbonyl (C=O) groups excluding carboxylic acids is 1. The van der Waals surface area contributed by atoms with Gasteiger partial charge in [-0.15, -0.1) is 0 Å². The lowest BCUT2D eigenvalue weighted by Crippen LogP contribution is -2.44. The number of rotatable bonds is 5. The van der Waals surface area contributed by atoms with Crippen LogP contribution in [-0.4, -0.2) is 34.6 Å². The SMILES string of the molecule is CCC(C)N(CC(=O)O)C(=O)Nc1cc(C#N)ccc1Cl. The van der Waals surface area contributed by atoms with E-state index in [1.165, 1.54) is 23.1 Å². The molecule has 2 N–H and O–H groups in total. The Hall–Kier alpha value is -2.26. The fourth-order valence-electron chi connectivity index (χ4n) is 1.67. The Morgan fingerprint density at radius 3 is 2.71 bits per heavy atom. The quantitative estimate of drug-likeness (QED) is 0.874. The minimum Gasteiger partial charge on any atom is -0.480 e. The van der Waals surface area contributed by atoms with Gasteiger partial charge in [0.25, 0.3) is 0 Å². The molecule has 0 fully saturated rings. The molecule has 0 saturated carbocycles. The van der Waals surface area contributed by atoms with Crippen LogP contribution in [-0.2, 0) is 4.79 Å². The fraction of sp³-hybridized carbons (Fsp3) is 0.357. The van der Waals surface area contributed by atoms with Gasteiger partial charge in [-0.05, 0) is 31.5 Å². The summed E-state index contributed by atoms with van der Waals surface area (Å²) < 4.78 is 0. The summed E-state index contributed by atoms with van der Waals surface area (Å²) in [6, 6.07) is 5.61. The zero-order chi connectivity index (χ0) is 16.0. The summed E-state index contributed by atoms with van der Waals surface area (Å²) in [4.78, 5) is 24.3. The van der Waals surface area contributed by atoms with Gasteiger partial charge in [-0.25, -0.2) is 4.79 Å². The molecule has 1 rings (SSSR count). The number of aliphatic carboxylic acids is 1. The summed E-state index contributed by atoms with van der Waals surface area (Å²) in [6.45, 7) is 3.21. The van der Waals surface area contributed by atoms with Crippen molar-refractivity contribution in [1.29, 1.82) is 5.26 Å². The van der Waals surface area contributed by atoms with Crippen LogP contribution in [0.3, 0.4) is 0 Å². The third-order valence-corrected chi connectivity index (χ3v) is 3.36. The number of nitrogens with zero attached hydrogens (tertiary/aromatic N) is 2. The van der Waals surface area contributed by atoms with Crippen molar-refractivity contribution in [1.82, 2.24) is 4.90 Å². The van der Waals surface area contributed by atoms with E-state index in [9.17, 15) is 9.59 Å². The normalized spacial score (nSPS) is 11.3. The maximum atomic E-state index is 12.2. The number of amides is 2. The van der Waals surface area contributed by atoms with Crippen LogP contribution >= 0.6 is 11.6 Å². The maximum Gasteiger partial charge on any atom is 0.323 e. The van der Waals surface area contributed by atoms with E-state index in [0.29, 0.717) is 12.0 Å². The molecule has 2 amide bonds. The summed E-state index contributed by atoms with van der Waals surface area (Å²) in [6.07, 6.45) is 0.618. The van der Waals surface area contributed by atoms with E-state index in [-0.39, 0.29) is 16.8 Å². The van der Waals surface area contributed by atoms with Crippen molar-refractivity contribution >= 4 is 29.3 Å². The Bertz CT molecular complexity index is 583. The Morgan fingerprint density at radius 1 is 1.52 bits per heavy atom. The van der Waals surface area contributed by atoms with Crippen LogP contribution in [0.25, 0.3) is 0 Å².